The van der Waals surface area contributed by atoms with Crippen molar-refractivity contribution in [3.63, 3.8) is 0 Å². The van der Waals surface area contributed by atoms with Crippen molar-refractivity contribution < 1.29 is 0 Å². The highest BCUT2D eigenvalue weighted by molar-refractivity contribution is 6.23. The Morgan fingerprint density at radius 2 is 0.758 bits per heavy atom. The van der Waals surface area contributed by atoms with E-state index in [9.17, 15) is 0 Å². The molecule has 0 saturated heterocycles. The van der Waals surface area contributed by atoms with Gasteiger partial charge in [-0.15, -0.1) is 0 Å². The summed E-state index contributed by atoms with van der Waals surface area (Å²) in [7, 11) is 0. The third kappa shape index (κ3) is 7.14. The highest BCUT2D eigenvalue weighted by Crippen LogP contribution is 2.46. The fraction of sp³-hybridized carbons (Fsp3) is 0.0769. The third-order valence-electron chi connectivity index (χ3n) is 13.6. The first-order chi connectivity index (χ1) is 32.6. The van der Waals surface area contributed by atoms with Crippen LogP contribution < -0.4 is 4.90 Å². The number of benzene rings is 12. The van der Waals surface area contributed by atoms with E-state index in [-0.39, 0.29) is 6.04 Å². The summed E-state index contributed by atoms with van der Waals surface area (Å²) in [5, 5.41) is 15.1. The van der Waals surface area contributed by atoms with E-state index in [4.69, 9.17) is 0 Å². The Hall–Kier alpha value is -8.00. The van der Waals surface area contributed by atoms with Gasteiger partial charge < -0.3 is 4.90 Å². The molecule has 0 aliphatic heterocycles. The molecule has 0 N–H and O–H groups in total. The second-order valence-corrected chi connectivity index (χ2v) is 17.3. The van der Waals surface area contributed by atoms with E-state index in [1.165, 1.54) is 121 Å². The van der Waals surface area contributed by atoms with E-state index >= 15 is 0 Å². The summed E-state index contributed by atoms with van der Waals surface area (Å²) in [4.78, 5) is 2.46. The third-order valence-corrected chi connectivity index (χ3v) is 13.6. The number of anilines is 2. The Morgan fingerprint density at radius 1 is 0.318 bits per heavy atom. The SMILES string of the molecule is CC.Cc1ccccc1N(c1ccccc1)C(C)c1ccc2c(ccc3cc(-c4ccc5c(-c6ccc7ccccc7c6)c6ccccc6c(-c6ccc7ccccc7c6)c5c4)ccc32)c1. The molecule has 1 unspecified atom stereocenters. The molecule has 12 rings (SSSR count). The van der Waals surface area contributed by atoms with Gasteiger partial charge in [0.1, 0.15) is 0 Å². The maximum Gasteiger partial charge on any atom is 0.0563 e. The Balaban J connectivity index is 0.00000238. The molecule has 0 spiro atoms. The number of hydrogen-bond donors (Lipinski definition) is 0. The molecule has 0 radical (unpaired) electrons. The Kier molecular flexibility index (Phi) is 10.6. The zero-order valence-corrected chi connectivity index (χ0v) is 38.0. The van der Waals surface area contributed by atoms with Gasteiger partial charge in [-0.1, -0.05) is 196 Å². The van der Waals surface area contributed by atoms with Gasteiger partial charge in [-0.3, -0.25) is 0 Å². The normalized spacial score (nSPS) is 11.9. The van der Waals surface area contributed by atoms with Crippen LogP contribution in [0.1, 0.15) is 37.9 Å². The zero-order valence-electron chi connectivity index (χ0n) is 38.0. The van der Waals surface area contributed by atoms with Gasteiger partial charge in [0.05, 0.1) is 6.04 Å². The second kappa shape index (κ2) is 17.2. The van der Waals surface area contributed by atoms with Crippen molar-refractivity contribution in [2.45, 2.75) is 33.7 Å². The standard InChI is InChI=1S/C63H45N.C2H6/c1-41-14-6-13-23-61(41)64(54-19-4-3-5-20-54)42(2)45-30-33-55-50(36-45)26-27-51-37-48(31-34-56(51)55)49-32-35-59-60(40-49)63(53-29-25-44-16-8-10-18-47(44)39-53)58-22-12-11-21-57(58)62(59)52-28-24-43-15-7-9-17-46(43)38-52;1-2/h3-40,42H,1-2H3;1-2H3. The summed E-state index contributed by atoms with van der Waals surface area (Å²) in [5.74, 6) is 0. The first-order valence-electron chi connectivity index (χ1n) is 23.4. The Labute approximate surface area is 387 Å². The van der Waals surface area contributed by atoms with E-state index in [1.54, 1.807) is 0 Å². The molecule has 316 valence electrons. The largest absolute Gasteiger partial charge is 0.334 e. The number of fused-ring (bicyclic) bond motifs is 7. The molecule has 0 amide bonds. The van der Waals surface area contributed by atoms with Crippen molar-refractivity contribution >= 4 is 76.0 Å². The van der Waals surface area contributed by atoms with Gasteiger partial charge in [0.2, 0.25) is 0 Å². The van der Waals surface area contributed by atoms with E-state index in [1.807, 2.05) is 13.8 Å². The lowest BCUT2D eigenvalue weighted by atomic mass is 9.84. The molecule has 0 aromatic heterocycles. The fourth-order valence-electron chi connectivity index (χ4n) is 10.3. The molecule has 1 heteroatoms. The lowest BCUT2D eigenvalue weighted by Gasteiger charge is -2.33. The molecule has 1 atom stereocenters. The minimum absolute atomic E-state index is 0.122. The quantitative estimate of drug-likeness (QED) is 0.114. The van der Waals surface area contributed by atoms with E-state index < -0.39 is 0 Å². The maximum atomic E-state index is 2.46. The number of aryl methyl sites for hydroxylation is 1. The molecule has 66 heavy (non-hydrogen) atoms. The van der Waals surface area contributed by atoms with Crippen LogP contribution in [0.15, 0.2) is 231 Å². The van der Waals surface area contributed by atoms with Gasteiger partial charge in [-0.25, -0.2) is 0 Å². The summed E-state index contributed by atoms with van der Waals surface area (Å²) >= 11 is 0. The van der Waals surface area contributed by atoms with Gasteiger partial charge in [0.25, 0.3) is 0 Å². The minimum Gasteiger partial charge on any atom is -0.334 e. The van der Waals surface area contributed by atoms with Crippen LogP contribution in [-0.4, -0.2) is 0 Å². The second-order valence-electron chi connectivity index (χ2n) is 17.3. The molecule has 0 aliphatic rings. The summed E-state index contributed by atoms with van der Waals surface area (Å²) in [6, 6.07) is 85.6. The zero-order chi connectivity index (χ0) is 44.7. The highest BCUT2D eigenvalue weighted by Gasteiger charge is 2.22. The van der Waals surface area contributed by atoms with Crippen molar-refractivity contribution in [3.05, 3.63) is 242 Å². The van der Waals surface area contributed by atoms with Gasteiger partial charge in [0, 0.05) is 11.4 Å². The average Bonchev–Trinajstić information content (AvgIpc) is 3.38. The molecule has 12 aromatic carbocycles. The first-order valence-corrected chi connectivity index (χ1v) is 23.4. The molecular formula is C65H51N. The molecule has 0 heterocycles. The summed E-state index contributed by atoms with van der Waals surface area (Å²) in [6.07, 6.45) is 0. The molecule has 0 bridgehead atoms. The van der Waals surface area contributed by atoms with Crippen LogP contribution in [0, 0.1) is 6.92 Å². The van der Waals surface area contributed by atoms with Gasteiger partial charge in [0.15, 0.2) is 0 Å². The van der Waals surface area contributed by atoms with Crippen LogP contribution in [0.4, 0.5) is 11.4 Å². The lowest BCUT2D eigenvalue weighted by molar-refractivity contribution is 0.773. The Morgan fingerprint density at radius 3 is 1.39 bits per heavy atom. The molecular weight excluding hydrogens is 795 g/mol. The van der Waals surface area contributed by atoms with Crippen LogP contribution in [-0.2, 0) is 0 Å². The van der Waals surface area contributed by atoms with Crippen molar-refractivity contribution in [1.82, 2.24) is 0 Å². The van der Waals surface area contributed by atoms with E-state index in [2.05, 4.69) is 249 Å². The highest BCUT2D eigenvalue weighted by atomic mass is 15.2. The summed E-state index contributed by atoms with van der Waals surface area (Å²) in [5.41, 5.74) is 12.4. The van der Waals surface area contributed by atoms with Gasteiger partial charge in [-0.2, -0.15) is 0 Å². The minimum atomic E-state index is 0.122. The smallest absolute Gasteiger partial charge is 0.0563 e. The monoisotopic (exact) mass is 845 g/mol. The van der Waals surface area contributed by atoms with Crippen LogP contribution >= 0.6 is 0 Å². The average molecular weight is 846 g/mol. The topological polar surface area (TPSA) is 3.24 Å². The molecule has 0 saturated carbocycles. The van der Waals surface area contributed by atoms with Crippen LogP contribution in [0.3, 0.4) is 0 Å². The van der Waals surface area contributed by atoms with Gasteiger partial charge >= 0.3 is 0 Å². The maximum absolute atomic E-state index is 2.46. The van der Waals surface area contributed by atoms with Crippen LogP contribution in [0.25, 0.3) is 98.0 Å². The van der Waals surface area contributed by atoms with Crippen molar-refractivity contribution in [3.8, 4) is 33.4 Å². The number of hydrogen-bond acceptors (Lipinski definition) is 1. The predicted molar refractivity (Wildman–Crippen MR) is 287 cm³/mol. The molecule has 0 aliphatic carbocycles. The first kappa shape index (κ1) is 40.8. The number of rotatable bonds is 7. The van der Waals surface area contributed by atoms with Gasteiger partial charge in [-0.05, 0) is 172 Å². The lowest BCUT2D eigenvalue weighted by Crippen LogP contribution is -2.22. The number of nitrogens with zero attached hydrogens (tertiary/aromatic N) is 1. The molecule has 1 nitrogen and oxygen atoms in total. The Bertz CT molecular complexity index is 3770. The molecule has 0 fully saturated rings. The number of para-hydroxylation sites is 2. The van der Waals surface area contributed by atoms with Crippen molar-refractivity contribution in [1.29, 1.82) is 0 Å². The van der Waals surface area contributed by atoms with Crippen LogP contribution in [0.2, 0.25) is 0 Å². The van der Waals surface area contributed by atoms with Crippen molar-refractivity contribution in [2.24, 2.45) is 0 Å². The summed E-state index contributed by atoms with van der Waals surface area (Å²) < 4.78 is 0. The van der Waals surface area contributed by atoms with E-state index in [0.29, 0.717) is 0 Å². The van der Waals surface area contributed by atoms with Crippen LogP contribution in [0.5, 0.6) is 0 Å². The molecule has 12 aromatic rings. The summed E-state index contributed by atoms with van der Waals surface area (Å²) in [6.45, 7) is 8.52. The van der Waals surface area contributed by atoms with E-state index in [0.717, 1.165) is 0 Å². The predicted octanol–water partition coefficient (Wildman–Crippen LogP) is 18.8. The fourth-order valence-corrected chi connectivity index (χ4v) is 10.3. The van der Waals surface area contributed by atoms with Crippen molar-refractivity contribution in [2.75, 3.05) is 4.90 Å².